The third-order valence-corrected chi connectivity index (χ3v) is 4.32. The lowest BCUT2D eigenvalue weighted by Gasteiger charge is -1.85. The van der Waals surface area contributed by atoms with Crippen LogP contribution in [0.4, 0.5) is 0 Å². The average Bonchev–Trinajstić information content (AvgIpc) is 2.60. The van der Waals surface area contributed by atoms with E-state index in [1.54, 1.807) is 17.6 Å². The summed E-state index contributed by atoms with van der Waals surface area (Å²) in [6.45, 7) is 1.82. The van der Waals surface area contributed by atoms with Gasteiger partial charge in [0.05, 0.1) is 9.72 Å². The van der Waals surface area contributed by atoms with Crippen LogP contribution in [0.15, 0.2) is 28.1 Å². The Morgan fingerprint density at radius 2 is 2.40 bits per heavy atom. The van der Waals surface area contributed by atoms with Gasteiger partial charge in [0.25, 0.3) is 0 Å². The first-order chi connectivity index (χ1) is 7.20. The molecule has 0 fully saturated rings. The maximum atomic E-state index is 11.6. The Kier molecular flexibility index (Phi) is 3.14. The van der Waals surface area contributed by atoms with E-state index in [0.29, 0.717) is 15.0 Å². The van der Waals surface area contributed by atoms with Crippen LogP contribution in [0.2, 0.25) is 5.02 Å². The van der Waals surface area contributed by atoms with Crippen molar-refractivity contribution >= 4 is 44.1 Å². The minimum absolute atomic E-state index is 0.554. The molecule has 0 aliphatic carbocycles. The topological polar surface area (TPSA) is 42.9 Å². The quantitative estimate of drug-likeness (QED) is 0.832. The molecule has 6 heteroatoms. The lowest BCUT2D eigenvalue weighted by molar-refractivity contribution is 0.688. The van der Waals surface area contributed by atoms with Crippen LogP contribution in [0.1, 0.15) is 6.92 Å². The molecule has 1 atom stereocenters. The van der Waals surface area contributed by atoms with Gasteiger partial charge in [0.1, 0.15) is 10.8 Å². The molecule has 15 heavy (non-hydrogen) atoms. The molecule has 0 aliphatic rings. The van der Waals surface area contributed by atoms with E-state index in [1.807, 2.05) is 6.92 Å². The molecule has 78 valence electrons. The van der Waals surface area contributed by atoms with E-state index >= 15 is 0 Å². The second kappa shape index (κ2) is 4.38. The van der Waals surface area contributed by atoms with E-state index in [4.69, 9.17) is 11.6 Å². The molecule has 2 aromatic heterocycles. The lowest BCUT2D eigenvalue weighted by atomic mass is 10.5. The first kappa shape index (κ1) is 10.7. The Hall–Kier alpha value is -0.780. The van der Waals surface area contributed by atoms with Gasteiger partial charge in [-0.05, 0) is 13.0 Å². The van der Waals surface area contributed by atoms with Gasteiger partial charge in [-0.25, -0.2) is 14.2 Å². The number of nitrogens with zero attached hydrogens (tertiary/aromatic N) is 2. The first-order valence-corrected chi connectivity index (χ1v) is 6.57. The first-order valence-electron chi connectivity index (χ1n) is 4.16. The van der Waals surface area contributed by atoms with E-state index < -0.39 is 10.8 Å². The number of fused-ring (bicyclic) bond motifs is 1. The van der Waals surface area contributed by atoms with Gasteiger partial charge in [0, 0.05) is 11.6 Å². The van der Waals surface area contributed by atoms with Crippen molar-refractivity contribution in [3.05, 3.63) is 28.8 Å². The third kappa shape index (κ3) is 2.25. The van der Waals surface area contributed by atoms with Gasteiger partial charge in [-0.1, -0.05) is 17.7 Å². The molecule has 0 aliphatic heterocycles. The van der Waals surface area contributed by atoms with Crippen LogP contribution in [0.5, 0.6) is 0 Å². The second-order valence-corrected chi connectivity index (χ2v) is 5.70. The van der Waals surface area contributed by atoms with Crippen LogP contribution < -0.4 is 0 Å². The highest BCUT2D eigenvalue weighted by Crippen LogP contribution is 2.25. The van der Waals surface area contributed by atoms with Gasteiger partial charge >= 0.3 is 0 Å². The highest BCUT2D eigenvalue weighted by molar-refractivity contribution is 7.90. The van der Waals surface area contributed by atoms with Gasteiger partial charge in [0.2, 0.25) is 0 Å². The number of pyridine rings is 1. The van der Waals surface area contributed by atoms with Crippen LogP contribution in [-0.2, 0) is 10.8 Å². The summed E-state index contributed by atoms with van der Waals surface area (Å²) in [6, 6.07) is 1.78. The van der Waals surface area contributed by atoms with E-state index in [-0.39, 0.29) is 0 Å². The second-order valence-electron chi connectivity index (χ2n) is 2.72. The maximum absolute atomic E-state index is 11.6. The van der Waals surface area contributed by atoms with E-state index in [1.165, 1.54) is 17.5 Å². The van der Waals surface area contributed by atoms with Crippen molar-refractivity contribution in [3.8, 4) is 0 Å². The molecule has 0 spiro atoms. The minimum Gasteiger partial charge on any atom is -0.247 e. The Bertz CT molecular complexity index is 550. The summed E-state index contributed by atoms with van der Waals surface area (Å²) in [4.78, 5) is 8.22. The van der Waals surface area contributed by atoms with Crippen LogP contribution in [0.25, 0.3) is 10.3 Å². The van der Waals surface area contributed by atoms with Crippen molar-refractivity contribution < 1.29 is 4.21 Å². The van der Waals surface area contributed by atoms with Crippen LogP contribution >= 0.6 is 22.9 Å². The Balaban J connectivity index is 2.51. The molecule has 2 heterocycles. The monoisotopic (exact) mass is 258 g/mol. The summed E-state index contributed by atoms with van der Waals surface area (Å²) in [5, 5.41) is 2.16. The normalized spacial score (nSPS) is 13.7. The number of thiazole rings is 1. The molecule has 0 aromatic carbocycles. The summed E-state index contributed by atoms with van der Waals surface area (Å²) in [6.07, 6.45) is 3.27. The zero-order valence-electron chi connectivity index (χ0n) is 7.81. The molecule has 0 saturated heterocycles. The van der Waals surface area contributed by atoms with Crippen molar-refractivity contribution in [2.24, 2.45) is 0 Å². The fraction of sp³-hybridized carbons (Fsp3) is 0.111. The van der Waals surface area contributed by atoms with Gasteiger partial charge in [0.15, 0.2) is 9.99 Å². The van der Waals surface area contributed by atoms with Gasteiger partial charge < -0.3 is 0 Å². The molecule has 2 rings (SSSR count). The van der Waals surface area contributed by atoms with E-state index in [2.05, 4.69) is 9.97 Å². The number of halogens is 1. The number of allylic oxidation sites excluding steroid dienone is 1. The molecular weight excluding hydrogens is 252 g/mol. The molecule has 0 radical (unpaired) electrons. The molecule has 3 nitrogen and oxygen atoms in total. The summed E-state index contributed by atoms with van der Waals surface area (Å²) in [7, 11) is -1.18. The molecule has 0 N–H and O–H groups in total. The van der Waals surface area contributed by atoms with E-state index in [9.17, 15) is 4.21 Å². The Labute approximate surface area is 98.3 Å². The summed E-state index contributed by atoms with van der Waals surface area (Å²) < 4.78 is 13.0. The third-order valence-electron chi connectivity index (χ3n) is 1.63. The SMILES string of the molecule is CC=CS(=O)c1nc2ncc(Cl)cc2s1. The molecular formula is C9H7ClN2OS2. The zero-order valence-corrected chi connectivity index (χ0v) is 10.2. The zero-order chi connectivity index (χ0) is 10.8. The maximum Gasteiger partial charge on any atom is 0.187 e. The largest absolute Gasteiger partial charge is 0.247 e. The van der Waals surface area contributed by atoms with E-state index in [0.717, 1.165) is 4.70 Å². The number of rotatable bonds is 2. The van der Waals surface area contributed by atoms with Crippen LogP contribution in [0, 0.1) is 0 Å². The van der Waals surface area contributed by atoms with Gasteiger partial charge in [-0.2, -0.15) is 0 Å². The summed E-state index contributed by atoms with van der Waals surface area (Å²) >= 11 is 7.15. The van der Waals surface area contributed by atoms with Crippen molar-refractivity contribution in [3.63, 3.8) is 0 Å². The number of hydrogen-bond acceptors (Lipinski definition) is 4. The van der Waals surface area contributed by atoms with Crippen molar-refractivity contribution in [2.75, 3.05) is 0 Å². The van der Waals surface area contributed by atoms with Crippen molar-refractivity contribution in [1.29, 1.82) is 0 Å². The van der Waals surface area contributed by atoms with Gasteiger partial charge in [-0.3, -0.25) is 0 Å². The van der Waals surface area contributed by atoms with Crippen molar-refractivity contribution in [1.82, 2.24) is 9.97 Å². The lowest BCUT2D eigenvalue weighted by Crippen LogP contribution is -1.83. The molecule has 0 amide bonds. The highest BCUT2D eigenvalue weighted by Gasteiger charge is 2.09. The van der Waals surface area contributed by atoms with Crippen LogP contribution in [0.3, 0.4) is 0 Å². The number of hydrogen-bond donors (Lipinski definition) is 0. The number of aromatic nitrogens is 2. The smallest absolute Gasteiger partial charge is 0.187 e. The molecule has 2 aromatic rings. The van der Waals surface area contributed by atoms with Gasteiger partial charge in [-0.15, -0.1) is 11.3 Å². The Morgan fingerprint density at radius 1 is 1.60 bits per heavy atom. The predicted molar refractivity (Wildman–Crippen MR) is 63.6 cm³/mol. The molecule has 0 bridgehead atoms. The molecule has 1 unspecified atom stereocenters. The summed E-state index contributed by atoms with van der Waals surface area (Å²) in [5.74, 6) is 0. The predicted octanol–water partition coefficient (Wildman–Crippen LogP) is 2.99. The summed E-state index contributed by atoms with van der Waals surface area (Å²) in [5.41, 5.74) is 0.595. The van der Waals surface area contributed by atoms with Crippen molar-refractivity contribution in [2.45, 2.75) is 11.3 Å². The minimum atomic E-state index is -1.18. The fourth-order valence-corrected chi connectivity index (χ4v) is 3.27. The standard InChI is InChI=1S/C9H7ClN2OS2/c1-2-3-15(13)9-12-8-7(14-9)4-6(10)5-11-8/h2-5H,1H3. The Morgan fingerprint density at radius 3 is 3.13 bits per heavy atom. The van der Waals surface area contributed by atoms with Crippen LogP contribution in [-0.4, -0.2) is 14.2 Å². The molecule has 0 saturated carbocycles. The highest BCUT2D eigenvalue weighted by atomic mass is 35.5. The fourth-order valence-electron chi connectivity index (χ4n) is 1.04. The average molecular weight is 259 g/mol.